The lowest BCUT2D eigenvalue weighted by Gasteiger charge is -2.32. The summed E-state index contributed by atoms with van der Waals surface area (Å²) in [5, 5.41) is 8.63. The molecular formula is C18H19F4NO. The number of halogens is 4. The summed E-state index contributed by atoms with van der Waals surface area (Å²) in [5.74, 6) is -1.97. The number of nitrogens with zero attached hydrogens (tertiary/aromatic N) is 1. The van der Waals surface area contributed by atoms with E-state index in [2.05, 4.69) is 6.58 Å². The van der Waals surface area contributed by atoms with Crippen LogP contribution in [0.1, 0.15) is 36.8 Å². The van der Waals surface area contributed by atoms with Crippen molar-refractivity contribution in [3.63, 3.8) is 0 Å². The third-order valence-electron chi connectivity index (χ3n) is 4.52. The number of rotatable bonds is 6. The molecule has 0 heterocycles. The minimum absolute atomic E-state index is 0.0921. The molecule has 0 N–H and O–H groups in total. The molecule has 0 radical (unpaired) electrons. The van der Waals surface area contributed by atoms with E-state index in [-0.39, 0.29) is 18.1 Å². The van der Waals surface area contributed by atoms with Gasteiger partial charge < -0.3 is 4.74 Å². The Bertz CT molecular complexity index is 595. The topological polar surface area (TPSA) is 33.0 Å². The average molecular weight is 341 g/mol. The first-order valence-electron chi connectivity index (χ1n) is 7.86. The minimum atomic E-state index is -2.66. The van der Waals surface area contributed by atoms with Crippen LogP contribution in [0.25, 0.3) is 0 Å². The van der Waals surface area contributed by atoms with Gasteiger partial charge in [0.1, 0.15) is 29.4 Å². The van der Waals surface area contributed by atoms with E-state index < -0.39 is 29.7 Å². The fraction of sp³-hybridized carbons (Fsp3) is 0.500. The highest BCUT2D eigenvalue weighted by molar-refractivity contribution is 5.34. The molecule has 1 saturated carbocycles. The summed E-state index contributed by atoms with van der Waals surface area (Å²) >= 11 is 0. The van der Waals surface area contributed by atoms with Crippen LogP contribution in [0.2, 0.25) is 0 Å². The van der Waals surface area contributed by atoms with Crippen LogP contribution in [0.15, 0.2) is 24.8 Å². The average Bonchev–Trinajstić information content (AvgIpc) is 2.55. The Kier molecular flexibility index (Phi) is 6.38. The summed E-state index contributed by atoms with van der Waals surface area (Å²) in [6.45, 7) is 3.40. The summed E-state index contributed by atoms with van der Waals surface area (Å²) in [6.07, 6.45) is 0.725. The Labute approximate surface area is 138 Å². The summed E-state index contributed by atoms with van der Waals surface area (Å²) in [5.41, 5.74) is -0.596. The zero-order valence-electron chi connectivity index (χ0n) is 13.2. The molecule has 1 fully saturated rings. The van der Waals surface area contributed by atoms with Crippen molar-refractivity contribution in [1.29, 1.82) is 5.26 Å². The van der Waals surface area contributed by atoms with E-state index in [9.17, 15) is 17.6 Å². The lowest BCUT2D eigenvalue weighted by Crippen LogP contribution is -2.33. The SMILES string of the molecule is C=CC1CCC(C(OCc2cc(F)c(C#N)c(F)c2)C(F)F)CC1. The first-order chi connectivity index (χ1) is 11.5. The van der Waals surface area contributed by atoms with Gasteiger partial charge in [0.05, 0.1) is 6.61 Å². The normalized spacial score (nSPS) is 22.2. The van der Waals surface area contributed by atoms with Gasteiger partial charge in [0.15, 0.2) is 0 Å². The maximum Gasteiger partial charge on any atom is 0.264 e. The molecule has 0 amide bonds. The van der Waals surface area contributed by atoms with Crippen molar-refractivity contribution in [1.82, 2.24) is 0 Å². The van der Waals surface area contributed by atoms with Crippen LogP contribution < -0.4 is 0 Å². The van der Waals surface area contributed by atoms with E-state index in [0.29, 0.717) is 18.8 Å². The summed E-state index contributed by atoms with van der Waals surface area (Å²) in [7, 11) is 0. The molecule has 24 heavy (non-hydrogen) atoms. The molecule has 0 spiro atoms. The third-order valence-corrected chi connectivity index (χ3v) is 4.52. The molecule has 2 nitrogen and oxygen atoms in total. The summed E-state index contributed by atoms with van der Waals surface area (Å²) in [4.78, 5) is 0. The maximum atomic E-state index is 13.6. The molecule has 1 atom stereocenters. The monoisotopic (exact) mass is 341 g/mol. The van der Waals surface area contributed by atoms with E-state index in [4.69, 9.17) is 10.00 Å². The van der Waals surface area contributed by atoms with Gasteiger partial charge in [0.25, 0.3) is 6.43 Å². The third kappa shape index (κ3) is 4.35. The fourth-order valence-electron chi connectivity index (χ4n) is 3.13. The highest BCUT2D eigenvalue weighted by atomic mass is 19.3. The van der Waals surface area contributed by atoms with Crippen molar-refractivity contribution >= 4 is 0 Å². The van der Waals surface area contributed by atoms with Crippen LogP contribution in [-0.4, -0.2) is 12.5 Å². The number of hydrogen-bond acceptors (Lipinski definition) is 2. The first-order valence-corrected chi connectivity index (χ1v) is 7.86. The Hall–Kier alpha value is -1.87. The van der Waals surface area contributed by atoms with Crippen molar-refractivity contribution < 1.29 is 22.3 Å². The van der Waals surface area contributed by atoms with E-state index in [1.165, 1.54) is 6.07 Å². The Morgan fingerprint density at radius 3 is 2.25 bits per heavy atom. The lowest BCUT2D eigenvalue weighted by atomic mass is 9.79. The standard InChI is InChI=1S/C18H19F4NO/c1-2-11-3-5-13(6-4-11)17(18(21)22)24-10-12-7-15(19)14(9-23)16(20)8-12/h2,7-8,11,13,17-18H,1,3-6,10H2. The summed E-state index contributed by atoms with van der Waals surface area (Å²) in [6, 6.07) is 3.30. The molecule has 1 aliphatic carbocycles. The second kappa shape index (κ2) is 8.29. The van der Waals surface area contributed by atoms with Crippen molar-refractivity contribution in [2.45, 2.75) is 44.8 Å². The van der Waals surface area contributed by atoms with Crippen LogP contribution in [0.3, 0.4) is 0 Å². The fourth-order valence-corrected chi connectivity index (χ4v) is 3.13. The van der Waals surface area contributed by atoms with Crippen molar-refractivity contribution in [3.05, 3.63) is 47.5 Å². The van der Waals surface area contributed by atoms with Gasteiger partial charge in [-0.1, -0.05) is 6.08 Å². The van der Waals surface area contributed by atoms with Crippen molar-refractivity contribution in [2.75, 3.05) is 0 Å². The van der Waals surface area contributed by atoms with Gasteiger partial charge in [-0.3, -0.25) is 0 Å². The molecule has 0 aromatic heterocycles. The molecule has 1 unspecified atom stereocenters. The van der Waals surface area contributed by atoms with Gasteiger partial charge in [-0.2, -0.15) is 5.26 Å². The van der Waals surface area contributed by atoms with Crippen molar-refractivity contribution in [2.24, 2.45) is 11.8 Å². The lowest BCUT2D eigenvalue weighted by molar-refractivity contribution is -0.101. The Morgan fingerprint density at radius 2 is 1.79 bits per heavy atom. The predicted molar refractivity (Wildman–Crippen MR) is 81.3 cm³/mol. The number of ether oxygens (including phenoxy) is 1. The van der Waals surface area contributed by atoms with Gasteiger partial charge in [-0.25, -0.2) is 17.6 Å². The molecule has 1 aliphatic rings. The molecule has 130 valence electrons. The summed E-state index contributed by atoms with van der Waals surface area (Å²) < 4.78 is 59.0. The number of benzene rings is 1. The molecule has 1 aromatic carbocycles. The molecule has 0 saturated heterocycles. The van der Waals surface area contributed by atoms with Gasteiger partial charge in [0.2, 0.25) is 0 Å². The van der Waals surface area contributed by atoms with Crippen LogP contribution in [0, 0.1) is 34.8 Å². The number of allylic oxidation sites excluding steroid dienone is 1. The van der Waals surface area contributed by atoms with Crippen LogP contribution >= 0.6 is 0 Å². The van der Waals surface area contributed by atoms with Gasteiger partial charge in [0, 0.05) is 0 Å². The van der Waals surface area contributed by atoms with Gasteiger partial charge >= 0.3 is 0 Å². The highest BCUT2D eigenvalue weighted by Crippen LogP contribution is 2.34. The van der Waals surface area contributed by atoms with E-state index in [1.807, 2.05) is 6.08 Å². The number of alkyl halides is 2. The van der Waals surface area contributed by atoms with E-state index in [1.54, 1.807) is 0 Å². The van der Waals surface area contributed by atoms with E-state index in [0.717, 1.165) is 25.0 Å². The molecule has 2 rings (SSSR count). The molecule has 0 bridgehead atoms. The quantitative estimate of drug-likeness (QED) is 0.540. The minimum Gasteiger partial charge on any atom is -0.367 e. The number of nitriles is 1. The second-order valence-electron chi connectivity index (χ2n) is 6.07. The smallest absolute Gasteiger partial charge is 0.264 e. The van der Waals surface area contributed by atoms with Crippen LogP contribution in [0.4, 0.5) is 17.6 Å². The van der Waals surface area contributed by atoms with Crippen LogP contribution in [-0.2, 0) is 11.3 Å². The Balaban J connectivity index is 2.02. The van der Waals surface area contributed by atoms with Crippen molar-refractivity contribution in [3.8, 4) is 6.07 Å². The second-order valence-corrected chi connectivity index (χ2v) is 6.07. The molecule has 1 aromatic rings. The number of hydrogen-bond donors (Lipinski definition) is 0. The molecular weight excluding hydrogens is 322 g/mol. The zero-order chi connectivity index (χ0) is 17.7. The largest absolute Gasteiger partial charge is 0.367 e. The maximum absolute atomic E-state index is 13.6. The van der Waals surface area contributed by atoms with E-state index >= 15 is 0 Å². The van der Waals surface area contributed by atoms with Crippen LogP contribution in [0.5, 0.6) is 0 Å². The highest BCUT2D eigenvalue weighted by Gasteiger charge is 2.33. The molecule has 6 heteroatoms. The molecule has 0 aliphatic heterocycles. The zero-order valence-corrected chi connectivity index (χ0v) is 13.2. The van der Waals surface area contributed by atoms with Gasteiger partial charge in [-0.15, -0.1) is 6.58 Å². The first kappa shape index (κ1) is 18.5. The van der Waals surface area contributed by atoms with Gasteiger partial charge in [-0.05, 0) is 55.2 Å². The Morgan fingerprint density at radius 1 is 1.21 bits per heavy atom. The predicted octanol–water partition coefficient (Wildman–Crippen LogP) is 4.98.